The first kappa shape index (κ1) is 18.3. The van der Waals surface area contributed by atoms with E-state index in [9.17, 15) is 0 Å². The molecule has 0 heterocycles. The van der Waals surface area contributed by atoms with Crippen molar-refractivity contribution in [2.75, 3.05) is 12.0 Å². The highest BCUT2D eigenvalue weighted by Gasteiger charge is 1.94. The molecule has 0 amide bonds. The second-order valence-corrected chi connectivity index (χ2v) is 3.78. The Balaban J connectivity index is 0. The number of hydrogen-bond donors (Lipinski definition) is 2. The molecule has 0 saturated carbocycles. The molecule has 0 unspecified atom stereocenters. The minimum Gasteiger partial charge on any atom is -0.386 e. The van der Waals surface area contributed by atoms with Crippen molar-refractivity contribution in [2.45, 2.75) is 6.54 Å². The van der Waals surface area contributed by atoms with Gasteiger partial charge in [0.15, 0.2) is 0 Å². The fourth-order valence-corrected chi connectivity index (χ4v) is 1.46. The van der Waals surface area contributed by atoms with Gasteiger partial charge in [-0.15, -0.1) is 34.0 Å². The monoisotopic (exact) mass is 369 g/mol. The molecule has 1 rings (SSSR count). The normalized spacial score (nSPS) is 10.2. The molecule has 0 aliphatic carbocycles. The van der Waals surface area contributed by atoms with Crippen LogP contribution in [0.5, 0.6) is 0 Å². The molecule has 0 aliphatic heterocycles. The Kier molecular flexibility index (Phi) is 11.6. The molecular weight excluding hydrogens is 354 g/mol. The summed E-state index contributed by atoms with van der Waals surface area (Å²) in [6.07, 6.45) is 2.00. The van der Waals surface area contributed by atoms with Gasteiger partial charge >= 0.3 is 0 Å². The lowest BCUT2D eigenvalue weighted by molar-refractivity contribution is 1.07. The summed E-state index contributed by atoms with van der Waals surface area (Å²) < 4.78 is 0. The van der Waals surface area contributed by atoms with Crippen molar-refractivity contribution in [1.29, 1.82) is 0 Å². The van der Waals surface area contributed by atoms with Crippen molar-refractivity contribution in [3.63, 3.8) is 0 Å². The summed E-state index contributed by atoms with van der Waals surface area (Å²) in [6, 6.07) is 7.79. The van der Waals surface area contributed by atoms with E-state index in [4.69, 9.17) is 11.5 Å². The van der Waals surface area contributed by atoms with Crippen molar-refractivity contribution in [2.24, 2.45) is 16.5 Å². The van der Waals surface area contributed by atoms with Crippen LogP contribution in [-0.2, 0) is 6.54 Å². The van der Waals surface area contributed by atoms with Crippen molar-refractivity contribution in [3.8, 4) is 0 Å². The van der Waals surface area contributed by atoms with Crippen LogP contribution < -0.4 is 11.5 Å². The van der Waals surface area contributed by atoms with Crippen LogP contribution in [0.2, 0.25) is 0 Å². The molecule has 0 bridgehead atoms. The van der Waals surface area contributed by atoms with E-state index in [0.29, 0.717) is 12.4 Å². The van der Waals surface area contributed by atoms with Crippen LogP contribution in [0.3, 0.4) is 0 Å². The van der Waals surface area contributed by atoms with Gasteiger partial charge in [-0.2, -0.15) is 11.8 Å². The molecule has 6 heteroatoms. The number of rotatable bonds is 4. The highest BCUT2D eigenvalue weighted by Crippen LogP contribution is 2.13. The smallest absolute Gasteiger partial charge is 0.110 e. The quantitative estimate of drug-likeness (QED) is 0.632. The Bertz CT molecular complexity index is 332. The summed E-state index contributed by atoms with van der Waals surface area (Å²) in [4.78, 5) is 4.28. The van der Waals surface area contributed by atoms with Crippen LogP contribution in [0.15, 0.2) is 29.3 Å². The summed E-state index contributed by atoms with van der Waals surface area (Å²) >= 11 is 1.66. The molecule has 4 N–H and O–H groups in total. The van der Waals surface area contributed by atoms with Crippen LogP contribution >= 0.6 is 45.7 Å². The molecule has 92 valence electrons. The molecule has 1 aromatic carbocycles. The number of aliphatic imine (C=N–C) groups is 1. The van der Waals surface area contributed by atoms with Crippen LogP contribution in [0, 0.1) is 0 Å². The van der Waals surface area contributed by atoms with Gasteiger partial charge in [0.05, 0.1) is 11.4 Å². The third kappa shape index (κ3) is 6.52. The molecule has 3 nitrogen and oxygen atoms in total. The first-order valence-electron chi connectivity index (χ1n) is 4.37. The number of amidine groups is 1. The second kappa shape index (κ2) is 10.1. The fourth-order valence-electron chi connectivity index (χ4n) is 1.10. The molecule has 0 fully saturated rings. The Hall–Kier alpha value is -0.0400. The highest BCUT2D eigenvalue weighted by molar-refractivity contribution is 8.93. The summed E-state index contributed by atoms with van der Waals surface area (Å²) in [7, 11) is 0. The van der Waals surface area contributed by atoms with E-state index >= 15 is 0 Å². The maximum atomic E-state index is 5.71. The van der Waals surface area contributed by atoms with Crippen molar-refractivity contribution < 1.29 is 0 Å². The van der Waals surface area contributed by atoms with Gasteiger partial charge in [0, 0.05) is 6.54 Å². The lowest BCUT2D eigenvalue weighted by Gasteiger charge is -2.00. The number of halogens is 2. The topological polar surface area (TPSA) is 64.4 Å². The summed E-state index contributed by atoms with van der Waals surface area (Å²) in [6.45, 7) is 0.534. The van der Waals surface area contributed by atoms with Crippen LogP contribution in [0.25, 0.3) is 0 Å². The van der Waals surface area contributed by atoms with Gasteiger partial charge in [0.1, 0.15) is 5.84 Å². The third-order valence-electron chi connectivity index (χ3n) is 1.71. The van der Waals surface area contributed by atoms with Crippen molar-refractivity contribution >= 4 is 57.2 Å². The van der Waals surface area contributed by atoms with Gasteiger partial charge in [-0.25, -0.2) is 4.99 Å². The standard InChI is InChI=1S/C10H15N3S.2BrH/c1-14-7-10(12)13-9-4-2-3-8(5-9)6-11;;/h2-5H,6-7,11H2,1H3,(H2,12,13);2*1H. The van der Waals surface area contributed by atoms with Crippen LogP contribution in [0.1, 0.15) is 5.56 Å². The Morgan fingerprint density at radius 2 is 2.06 bits per heavy atom. The Labute approximate surface area is 122 Å². The van der Waals surface area contributed by atoms with Gasteiger partial charge < -0.3 is 11.5 Å². The molecule has 0 spiro atoms. The van der Waals surface area contributed by atoms with E-state index in [1.54, 1.807) is 11.8 Å². The maximum Gasteiger partial charge on any atom is 0.110 e. The predicted molar refractivity (Wildman–Crippen MR) is 84.6 cm³/mol. The van der Waals surface area contributed by atoms with Gasteiger partial charge in [-0.1, -0.05) is 12.1 Å². The third-order valence-corrected chi connectivity index (χ3v) is 2.30. The van der Waals surface area contributed by atoms with Gasteiger partial charge in [-0.3, -0.25) is 0 Å². The number of benzene rings is 1. The van der Waals surface area contributed by atoms with E-state index in [1.165, 1.54) is 0 Å². The van der Waals surface area contributed by atoms with E-state index in [2.05, 4.69) is 4.99 Å². The molecule has 0 aromatic heterocycles. The minimum absolute atomic E-state index is 0. The van der Waals surface area contributed by atoms with Gasteiger partial charge in [0.2, 0.25) is 0 Å². The fraction of sp³-hybridized carbons (Fsp3) is 0.300. The van der Waals surface area contributed by atoms with Crippen molar-refractivity contribution in [3.05, 3.63) is 29.8 Å². The zero-order chi connectivity index (χ0) is 10.4. The zero-order valence-corrected chi connectivity index (χ0v) is 13.3. The van der Waals surface area contributed by atoms with Gasteiger partial charge in [-0.05, 0) is 24.0 Å². The maximum absolute atomic E-state index is 5.71. The minimum atomic E-state index is 0. The molecule has 0 atom stereocenters. The summed E-state index contributed by atoms with van der Waals surface area (Å²) in [5.74, 6) is 1.40. The molecule has 0 aliphatic rings. The summed E-state index contributed by atoms with van der Waals surface area (Å²) in [5, 5.41) is 0. The molecular formula is C10H17Br2N3S. The average Bonchev–Trinajstić information content (AvgIpc) is 2.18. The van der Waals surface area contributed by atoms with Gasteiger partial charge in [0.25, 0.3) is 0 Å². The van der Waals surface area contributed by atoms with E-state index < -0.39 is 0 Å². The number of nitrogens with two attached hydrogens (primary N) is 2. The molecule has 0 radical (unpaired) electrons. The number of nitrogens with zero attached hydrogens (tertiary/aromatic N) is 1. The predicted octanol–water partition coefficient (Wildman–Crippen LogP) is 2.65. The Morgan fingerprint density at radius 3 is 2.62 bits per heavy atom. The summed E-state index contributed by atoms with van der Waals surface area (Å²) in [5.41, 5.74) is 13.2. The number of hydrogen-bond acceptors (Lipinski definition) is 3. The molecule has 0 saturated heterocycles. The lowest BCUT2D eigenvalue weighted by atomic mass is 10.2. The lowest BCUT2D eigenvalue weighted by Crippen LogP contribution is -2.13. The van der Waals surface area contributed by atoms with Crippen LogP contribution in [-0.4, -0.2) is 17.8 Å². The highest BCUT2D eigenvalue weighted by atomic mass is 79.9. The molecule has 16 heavy (non-hydrogen) atoms. The largest absolute Gasteiger partial charge is 0.386 e. The van der Waals surface area contributed by atoms with Crippen LogP contribution in [0.4, 0.5) is 5.69 Å². The molecule has 1 aromatic rings. The first-order valence-corrected chi connectivity index (χ1v) is 5.76. The number of thioether (sulfide) groups is 1. The average molecular weight is 371 g/mol. The van der Waals surface area contributed by atoms with Crippen molar-refractivity contribution in [1.82, 2.24) is 0 Å². The SMILES string of the molecule is Br.Br.CSCC(N)=Nc1cccc(CN)c1. The van der Waals surface area contributed by atoms with E-state index in [0.717, 1.165) is 17.0 Å². The van der Waals surface area contributed by atoms with E-state index in [-0.39, 0.29) is 34.0 Å². The second-order valence-electron chi connectivity index (χ2n) is 2.91. The first-order chi connectivity index (χ1) is 6.76. The van der Waals surface area contributed by atoms with E-state index in [1.807, 2.05) is 30.5 Å². The zero-order valence-electron chi connectivity index (χ0n) is 9.05. The Morgan fingerprint density at radius 1 is 1.38 bits per heavy atom.